The number of benzene rings is 3. The summed E-state index contributed by atoms with van der Waals surface area (Å²) in [5.74, 6) is 0.811. The first kappa shape index (κ1) is 27.0. The van der Waals surface area contributed by atoms with E-state index in [0.29, 0.717) is 33.8 Å². The van der Waals surface area contributed by atoms with Gasteiger partial charge in [-0.3, -0.25) is 9.10 Å². The number of nitrogens with one attached hydrogen (secondary N) is 1. The maximum atomic E-state index is 13.6. The minimum absolute atomic E-state index is 0.0452. The molecule has 0 spiro atoms. The van der Waals surface area contributed by atoms with Crippen molar-refractivity contribution in [3.05, 3.63) is 76.8 Å². The number of rotatable bonds is 11. The Balaban J connectivity index is 1.76. The number of thioether (sulfide) groups is 1. The van der Waals surface area contributed by atoms with E-state index in [-0.39, 0.29) is 10.6 Å². The Labute approximate surface area is 219 Å². The molecule has 3 aromatic rings. The molecule has 0 aromatic heterocycles. The highest BCUT2D eigenvalue weighted by Crippen LogP contribution is 2.32. The molecular formula is C24H24Cl2N2O5S2. The highest BCUT2D eigenvalue weighted by Gasteiger charge is 2.28. The van der Waals surface area contributed by atoms with E-state index < -0.39 is 22.5 Å². The summed E-state index contributed by atoms with van der Waals surface area (Å²) in [4.78, 5) is 13.7. The lowest BCUT2D eigenvalue weighted by Crippen LogP contribution is -2.41. The van der Waals surface area contributed by atoms with E-state index in [0.717, 1.165) is 9.20 Å². The number of halogens is 2. The smallest absolute Gasteiger partial charge is 0.264 e. The van der Waals surface area contributed by atoms with Gasteiger partial charge in [-0.25, -0.2) is 8.42 Å². The van der Waals surface area contributed by atoms with Gasteiger partial charge in [0.15, 0.2) is 11.5 Å². The Morgan fingerprint density at radius 1 is 0.914 bits per heavy atom. The number of ether oxygens (including phenoxy) is 2. The van der Waals surface area contributed by atoms with Crippen molar-refractivity contribution in [2.24, 2.45) is 0 Å². The molecule has 3 rings (SSSR count). The van der Waals surface area contributed by atoms with E-state index >= 15 is 0 Å². The van der Waals surface area contributed by atoms with Gasteiger partial charge in [0.2, 0.25) is 5.91 Å². The Hall–Kier alpha value is -2.59. The molecule has 0 aliphatic rings. The SMILES string of the molecule is COc1ccc(S(=O)(=O)N(CC(=O)NCCSc2ccc(Cl)cc2)c2ccc(Cl)cc2)cc1OC. The number of carbonyl (C=O) groups excluding carboxylic acids is 1. The first-order chi connectivity index (χ1) is 16.7. The molecule has 0 aliphatic heterocycles. The summed E-state index contributed by atoms with van der Waals surface area (Å²) in [5.41, 5.74) is 0.301. The molecule has 35 heavy (non-hydrogen) atoms. The molecular weight excluding hydrogens is 531 g/mol. The maximum Gasteiger partial charge on any atom is 0.264 e. The van der Waals surface area contributed by atoms with Crippen LogP contribution in [-0.4, -0.2) is 47.4 Å². The summed E-state index contributed by atoms with van der Waals surface area (Å²) in [6.45, 7) is -0.0547. The fourth-order valence-corrected chi connectivity index (χ4v) is 5.56. The molecule has 0 fully saturated rings. The van der Waals surface area contributed by atoms with E-state index in [9.17, 15) is 13.2 Å². The summed E-state index contributed by atoms with van der Waals surface area (Å²) in [5, 5.41) is 3.88. The van der Waals surface area contributed by atoms with Gasteiger partial charge < -0.3 is 14.8 Å². The van der Waals surface area contributed by atoms with E-state index in [4.69, 9.17) is 32.7 Å². The maximum absolute atomic E-state index is 13.6. The molecule has 7 nitrogen and oxygen atoms in total. The minimum Gasteiger partial charge on any atom is -0.493 e. The average Bonchev–Trinajstić information content (AvgIpc) is 2.86. The Morgan fingerprint density at radius 3 is 2.11 bits per heavy atom. The zero-order chi connectivity index (χ0) is 25.4. The third-order valence-electron chi connectivity index (χ3n) is 4.85. The molecule has 0 aliphatic carbocycles. The van der Waals surface area contributed by atoms with Crippen LogP contribution in [0.3, 0.4) is 0 Å². The first-order valence-electron chi connectivity index (χ1n) is 10.4. The molecule has 0 radical (unpaired) electrons. The molecule has 0 unspecified atom stereocenters. The first-order valence-corrected chi connectivity index (χ1v) is 13.6. The van der Waals surface area contributed by atoms with Crippen LogP contribution < -0.4 is 19.1 Å². The molecule has 0 saturated heterocycles. The third kappa shape index (κ3) is 7.20. The Morgan fingerprint density at radius 2 is 1.51 bits per heavy atom. The average molecular weight is 556 g/mol. The summed E-state index contributed by atoms with van der Waals surface area (Å²) < 4.78 is 38.6. The van der Waals surface area contributed by atoms with Gasteiger partial charge in [-0.05, 0) is 60.7 Å². The van der Waals surface area contributed by atoms with Gasteiger partial charge in [0.05, 0.1) is 24.8 Å². The second-order valence-electron chi connectivity index (χ2n) is 7.16. The number of anilines is 1. The molecule has 0 atom stereocenters. The minimum atomic E-state index is -4.12. The zero-order valence-corrected chi connectivity index (χ0v) is 22.2. The molecule has 0 bridgehead atoms. The van der Waals surface area contributed by atoms with E-state index in [1.165, 1.54) is 32.4 Å². The van der Waals surface area contributed by atoms with Crippen molar-refractivity contribution >= 4 is 56.6 Å². The molecule has 11 heteroatoms. The van der Waals surface area contributed by atoms with Gasteiger partial charge in [-0.2, -0.15) is 0 Å². The highest BCUT2D eigenvalue weighted by atomic mass is 35.5. The molecule has 3 aromatic carbocycles. The van der Waals surface area contributed by atoms with Crippen molar-refractivity contribution < 1.29 is 22.7 Å². The van der Waals surface area contributed by atoms with E-state index in [1.54, 1.807) is 48.2 Å². The predicted octanol–water partition coefficient (Wildman–Crippen LogP) is 5.11. The van der Waals surface area contributed by atoms with E-state index in [1.807, 2.05) is 12.1 Å². The standard InChI is InChI=1S/C24H24Cl2N2O5S2/c1-32-22-12-11-21(15-23(22)33-2)35(30,31)28(19-7-3-17(25)4-8-19)16-24(29)27-13-14-34-20-9-5-18(26)6-10-20/h3-12,15H,13-14,16H2,1-2H3,(H,27,29). The van der Waals surface area contributed by atoms with Crippen molar-refractivity contribution in [3.63, 3.8) is 0 Å². The van der Waals surface area contributed by atoms with Crippen molar-refractivity contribution in [1.82, 2.24) is 5.32 Å². The lowest BCUT2D eigenvalue weighted by Gasteiger charge is -2.24. The summed E-state index contributed by atoms with van der Waals surface area (Å²) in [7, 11) is -1.24. The number of nitrogens with zero attached hydrogens (tertiary/aromatic N) is 1. The molecule has 0 saturated carbocycles. The Bertz CT molecular complexity index is 1250. The number of methoxy groups -OCH3 is 2. The van der Waals surface area contributed by atoms with Gasteiger partial charge in [0.1, 0.15) is 6.54 Å². The van der Waals surface area contributed by atoms with Crippen molar-refractivity contribution in [3.8, 4) is 11.5 Å². The lowest BCUT2D eigenvalue weighted by molar-refractivity contribution is -0.119. The van der Waals surface area contributed by atoms with Gasteiger partial charge in [0.25, 0.3) is 10.0 Å². The molecule has 1 amide bonds. The fourth-order valence-electron chi connectivity index (χ4n) is 3.10. The van der Waals surface area contributed by atoms with Crippen LogP contribution in [0.4, 0.5) is 5.69 Å². The van der Waals surface area contributed by atoms with Crippen LogP contribution in [0.2, 0.25) is 10.0 Å². The van der Waals surface area contributed by atoms with E-state index in [2.05, 4.69) is 5.32 Å². The highest BCUT2D eigenvalue weighted by molar-refractivity contribution is 7.99. The van der Waals surface area contributed by atoms with Crippen LogP contribution >= 0.6 is 35.0 Å². The topological polar surface area (TPSA) is 84.9 Å². The monoisotopic (exact) mass is 554 g/mol. The summed E-state index contributed by atoms with van der Waals surface area (Å²) in [6.07, 6.45) is 0. The quantitative estimate of drug-likeness (QED) is 0.261. The number of amides is 1. The van der Waals surface area contributed by atoms with Crippen molar-refractivity contribution in [2.45, 2.75) is 9.79 Å². The second kappa shape index (κ2) is 12.4. The van der Waals surface area contributed by atoms with Gasteiger partial charge in [0, 0.05) is 33.3 Å². The zero-order valence-electron chi connectivity index (χ0n) is 19.0. The second-order valence-corrected chi connectivity index (χ2v) is 11.1. The Kier molecular flexibility index (Phi) is 9.56. The van der Waals surface area contributed by atoms with Crippen LogP contribution in [0, 0.1) is 0 Å². The summed E-state index contributed by atoms with van der Waals surface area (Å²) >= 11 is 13.4. The number of hydrogen-bond donors (Lipinski definition) is 1. The molecule has 186 valence electrons. The predicted molar refractivity (Wildman–Crippen MR) is 141 cm³/mol. The van der Waals surface area contributed by atoms with Gasteiger partial charge >= 0.3 is 0 Å². The van der Waals surface area contributed by atoms with Crippen LogP contribution in [0.15, 0.2) is 76.5 Å². The normalized spacial score (nSPS) is 11.1. The molecule has 1 N–H and O–H groups in total. The van der Waals surface area contributed by atoms with Crippen LogP contribution in [0.1, 0.15) is 0 Å². The number of carbonyl (C=O) groups is 1. The lowest BCUT2D eigenvalue weighted by atomic mass is 10.3. The number of sulfonamides is 1. The largest absolute Gasteiger partial charge is 0.493 e. The molecule has 0 heterocycles. The van der Waals surface area contributed by atoms with Crippen molar-refractivity contribution in [2.75, 3.05) is 37.4 Å². The number of hydrogen-bond acceptors (Lipinski definition) is 6. The van der Waals surface area contributed by atoms with Crippen molar-refractivity contribution in [1.29, 1.82) is 0 Å². The van der Waals surface area contributed by atoms with Crippen LogP contribution in [0.5, 0.6) is 11.5 Å². The van der Waals surface area contributed by atoms with Gasteiger partial charge in [-0.15, -0.1) is 11.8 Å². The third-order valence-corrected chi connectivity index (χ3v) is 8.14. The van der Waals surface area contributed by atoms with Crippen LogP contribution in [-0.2, 0) is 14.8 Å². The van der Waals surface area contributed by atoms with Crippen LogP contribution in [0.25, 0.3) is 0 Å². The van der Waals surface area contributed by atoms with Gasteiger partial charge in [-0.1, -0.05) is 23.2 Å². The summed E-state index contributed by atoms with van der Waals surface area (Å²) in [6, 6.07) is 17.9. The fraction of sp³-hybridized carbons (Fsp3) is 0.208.